The average molecular weight is 212 g/mol. The molecule has 0 aromatic heterocycles. The highest BCUT2D eigenvalue weighted by molar-refractivity contribution is 5.45. The van der Waals surface area contributed by atoms with Gasteiger partial charge in [-0.2, -0.15) is 0 Å². The number of allylic oxidation sites excluding steroid dienone is 4. The second-order valence-corrected chi connectivity index (χ2v) is 5.23. The SMILES string of the molecule is CC1=CC=CC(C)(c2c(C)cccc2C)C1. The van der Waals surface area contributed by atoms with Gasteiger partial charge in [0.15, 0.2) is 0 Å². The second kappa shape index (κ2) is 3.93. The van der Waals surface area contributed by atoms with Gasteiger partial charge in [0.2, 0.25) is 0 Å². The van der Waals surface area contributed by atoms with Crippen LogP contribution in [-0.4, -0.2) is 0 Å². The van der Waals surface area contributed by atoms with Crippen molar-refractivity contribution in [2.75, 3.05) is 0 Å². The van der Waals surface area contributed by atoms with E-state index in [1.165, 1.54) is 22.3 Å². The van der Waals surface area contributed by atoms with Crippen molar-refractivity contribution >= 4 is 0 Å². The number of hydrogen-bond acceptors (Lipinski definition) is 0. The van der Waals surface area contributed by atoms with Gasteiger partial charge in [0, 0.05) is 5.41 Å². The lowest BCUT2D eigenvalue weighted by atomic mass is 9.72. The zero-order chi connectivity index (χ0) is 11.8. The first-order valence-electron chi connectivity index (χ1n) is 5.95. The third-order valence-corrected chi connectivity index (χ3v) is 3.54. The summed E-state index contributed by atoms with van der Waals surface area (Å²) in [6.07, 6.45) is 7.89. The maximum absolute atomic E-state index is 2.34. The second-order valence-electron chi connectivity index (χ2n) is 5.23. The van der Waals surface area contributed by atoms with Gasteiger partial charge >= 0.3 is 0 Å². The van der Waals surface area contributed by atoms with Gasteiger partial charge < -0.3 is 0 Å². The molecule has 0 aliphatic heterocycles. The molecule has 0 radical (unpaired) electrons. The molecule has 0 N–H and O–H groups in total. The van der Waals surface area contributed by atoms with Crippen molar-refractivity contribution in [2.24, 2.45) is 0 Å². The predicted octanol–water partition coefficient (Wildman–Crippen LogP) is 4.47. The summed E-state index contributed by atoms with van der Waals surface area (Å²) < 4.78 is 0. The highest BCUT2D eigenvalue weighted by Gasteiger charge is 2.28. The lowest BCUT2D eigenvalue weighted by Crippen LogP contribution is -2.23. The first-order valence-corrected chi connectivity index (χ1v) is 5.95. The molecule has 2 rings (SSSR count). The zero-order valence-electron chi connectivity index (χ0n) is 10.7. The summed E-state index contributed by atoms with van der Waals surface area (Å²) >= 11 is 0. The summed E-state index contributed by atoms with van der Waals surface area (Å²) in [6.45, 7) is 8.99. The van der Waals surface area contributed by atoms with Crippen LogP contribution in [0.1, 0.15) is 37.0 Å². The van der Waals surface area contributed by atoms with Crippen LogP contribution in [0.4, 0.5) is 0 Å². The van der Waals surface area contributed by atoms with E-state index in [0.29, 0.717) is 0 Å². The number of hydrogen-bond donors (Lipinski definition) is 0. The van der Waals surface area contributed by atoms with Crippen LogP contribution in [0, 0.1) is 13.8 Å². The van der Waals surface area contributed by atoms with Gasteiger partial charge in [0.05, 0.1) is 0 Å². The summed E-state index contributed by atoms with van der Waals surface area (Å²) in [6, 6.07) is 6.58. The molecule has 0 saturated carbocycles. The van der Waals surface area contributed by atoms with Crippen LogP contribution in [0.5, 0.6) is 0 Å². The number of benzene rings is 1. The molecule has 0 spiro atoms. The van der Waals surface area contributed by atoms with E-state index in [1.54, 1.807) is 0 Å². The first-order chi connectivity index (χ1) is 7.53. The molecule has 1 atom stereocenters. The maximum Gasteiger partial charge on any atom is 0.0149 e. The van der Waals surface area contributed by atoms with Gasteiger partial charge in [0.1, 0.15) is 0 Å². The fourth-order valence-corrected chi connectivity index (χ4v) is 3.01. The topological polar surface area (TPSA) is 0 Å². The lowest BCUT2D eigenvalue weighted by Gasteiger charge is -2.32. The van der Waals surface area contributed by atoms with E-state index < -0.39 is 0 Å². The van der Waals surface area contributed by atoms with E-state index in [9.17, 15) is 0 Å². The molecule has 84 valence electrons. The zero-order valence-corrected chi connectivity index (χ0v) is 10.7. The Bertz CT molecular complexity index is 443. The van der Waals surface area contributed by atoms with E-state index >= 15 is 0 Å². The Balaban J connectivity index is 2.53. The maximum atomic E-state index is 2.34. The minimum atomic E-state index is 0.175. The highest BCUT2D eigenvalue weighted by Crippen LogP contribution is 2.38. The van der Waals surface area contributed by atoms with Crippen LogP contribution in [0.25, 0.3) is 0 Å². The molecule has 0 heteroatoms. The standard InChI is InChI=1S/C16H20/c1-12-7-6-10-16(4,11-12)15-13(2)8-5-9-14(15)3/h5-10H,11H2,1-4H3. The van der Waals surface area contributed by atoms with Crippen LogP contribution in [-0.2, 0) is 5.41 Å². The summed E-state index contributed by atoms with van der Waals surface area (Å²) in [5.41, 5.74) is 5.95. The van der Waals surface area contributed by atoms with Crippen molar-refractivity contribution in [2.45, 2.75) is 39.5 Å². The normalized spacial score (nSPS) is 24.4. The van der Waals surface area contributed by atoms with Crippen LogP contribution < -0.4 is 0 Å². The molecule has 0 bridgehead atoms. The minimum Gasteiger partial charge on any atom is -0.0739 e. The Labute approximate surface area is 98.7 Å². The monoisotopic (exact) mass is 212 g/mol. The highest BCUT2D eigenvalue weighted by atomic mass is 14.3. The summed E-state index contributed by atoms with van der Waals surface area (Å²) in [7, 11) is 0. The largest absolute Gasteiger partial charge is 0.0739 e. The Morgan fingerprint density at radius 1 is 1.06 bits per heavy atom. The van der Waals surface area contributed by atoms with Crippen molar-refractivity contribution in [3.8, 4) is 0 Å². The van der Waals surface area contributed by atoms with E-state index in [2.05, 4.69) is 64.1 Å². The summed E-state index contributed by atoms with van der Waals surface area (Å²) in [5.74, 6) is 0. The molecule has 1 unspecified atom stereocenters. The van der Waals surface area contributed by atoms with E-state index in [0.717, 1.165) is 6.42 Å². The Hall–Kier alpha value is -1.30. The third kappa shape index (κ3) is 1.84. The lowest BCUT2D eigenvalue weighted by molar-refractivity contribution is 0.573. The van der Waals surface area contributed by atoms with E-state index in [-0.39, 0.29) is 5.41 Å². The van der Waals surface area contributed by atoms with E-state index in [1.807, 2.05) is 0 Å². The van der Waals surface area contributed by atoms with Crippen LogP contribution in [0.3, 0.4) is 0 Å². The summed E-state index contributed by atoms with van der Waals surface area (Å²) in [5, 5.41) is 0. The third-order valence-electron chi connectivity index (χ3n) is 3.54. The number of aryl methyl sites for hydroxylation is 2. The van der Waals surface area contributed by atoms with E-state index in [4.69, 9.17) is 0 Å². The van der Waals surface area contributed by atoms with Crippen LogP contribution in [0.15, 0.2) is 42.0 Å². The van der Waals surface area contributed by atoms with Gasteiger partial charge in [-0.1, -0.05) is 48.9 Å². The van der Waals surface area contributed by atoms with Crippen molar-refractivity contribution in [1.82, 2.24) is 0 Å². The molecule has 0 amide bonds. The molecule has 1 aromatic carbocycles. The molecular weight excluding hydrogens is 192 g/mol. The van der Waals surface area contributed by atoms with Crippen molar-refractivity contribution in [3.63, 3.8) is 0 Å². The Morgan fingerprint density at radius 2 is 1.69 bits per heavy atom. The Kier molecular flexibility index (Phi) is 2.75. The quantitative estimate of drug-likeness (QED) is 0.644. The molecule has 0 fully saturated rings. The molecule has 1 aliphatic rings. The van der Waals surface area contributed by atoms with Crippen molar-refractivity contribution < 1.29 is 0 Å². The fourth-order valence-electron chi connectivity index (χ4n) is 3.01. The van der Waals surface area contributed by atoms with Gasteiger partial charge in [-0.15, -0.1) is 0 Å². The van der Waals surface area contributed by atoms with Crippen LogP contribution in [0.2, 0.25) is 0 Å². The molecule has 0 nitrogen and oxygen atoms in total. The molecule has 0 heterocycles. The van der Waals surface area contributed by atoms with Gasteiger partial charge in [-0.3, -0.25) is 0 Å². The van der Waals surface area contributed by atoms with Gasteiger partial charge in [0.25, 0.3) is 0 Å². The van der Waals surface area contributed by atoms with Gasteiger partial charge in [-0.25, -0.2) is 0 Å². The Morgan fingerprint density at radius 3 is 2.25 bits per heavy atom. The minimum absolute atomic E-state index is 0.175. The fraction of sp³-hybridized carbons (Fsp3) is 0.375. The molecule has 1 aliphatic carbocycles. The predicted molar refractivity (Wildman–Crippen MR) is 70.8 cm³/mol. The molecular formula is C16H20. The van der Waals surface area contributed by atoms with Crippen molar-refractivity contribution in [1.29, 1.82) is 0 Å². The molecule has 1 aromatic rings. The van der Waals surface area contributed by atoms with Crippen molar-refractivity contribution in [3.05, 3.63) is 58.7 Å². The molecule has 0 saturated heterocycles. The average Bonchev–Trinajstić information content (AvgIpc) is 2.16. The molecule has 16 heavy (non-hydrogen) atoms. The van der Waals surface area contributed by atoms with Gasteiger partial charge in [-0.05, 0) is 43.9 Å². The smallest absolute Gasteiger partial charge is 0.0149 e. The summed E-state index contributed by atoms with van der Waals surface area (Å²) in [4.78, 5) is 0. The first kappa shape index (κ1) is 11.2. The number of rotatable bonds is 1. The van der Waals surface area contributed by atoms with Crippen LogP contribution >= 0.6 is 0 Å².